The van der Waals surface area contributed by atoms with E-state index in [-0.39, 0.29) is 6.54 Å². The van der Waals surface area contributed by atoms with Gasteiger partial charge in [-0.3, -0.25) is 4.79 Å². The molecule has 0 aromatic heterocycles. The van der Waals surface area contributed by atoms with Crippen LogP contribution in [0.25, 0.3) is 0 Å². The Morgan fingerprint density at radius 3 is 2.56 bits per heavy atom. The molecule has 0 aliphatic carbocycles. The number of amides is 1. The van der Waals surface area contributed by atoms with Gasteiger partial charge in [0.25, 0.3) is 0 Å². The molecular formula is C10H9BrF4N2O. The third-order valence-electron chi connectivity index (χ3n) is 1.86. The number of benzene rings is 1. The van der Waals surface area contributed by atoms with Crippen LogP contribution in [-0.4, -0.2) is 25.2 Å². The summed E-state index contributed by atoms with van der Waals surface area (Å²) in [6.45, 7) is -1.71. The minimum absolute atomic E-state index is 0.333. The number of hydrogen-bond donors (Lipinski definition) is 2. The Bertz CT molecular complexity index is 436. The van der Waals surface area contributed by atoms with Crippen molar-refractivity contribution in [3.8, 4) is 0 Å². The third-order valence-corrected chi connectivity index (χ3v) is 2.51. The van der Waals surface area contributed by atoms with E-state index in [0.29, 0.717) is 10.2 Å². The van der Waals surface area contributed by atoms with E-state index < -0.39 is 24.4 Å². The number of nitrogens with one attached hydrogen (secondary N) is 2. The molecular weight excluding hydrogens is 320 g/mol. The van der Waals surface area contributed by atoms with Gasteiger partial charge < -0.3 is 10.6 Å². The van der Waals surface area contributed by atoms with Crippen molar-refractivity contribution in [2.24, 2.45) is 0 Å². The number of alkyl halides is 3. The summed E-state index contributed by atoms with van der Waals surface area (Å²) >= 11 is 3.05. The average Bonchev–Trinajstić information content (AvgIpc) is 2.24. The molecule has 0 saturated heterocycles. The van der Waals surface area contributed by atoms with E-state index in [4.69, 9.17) is 0 Å². The fraction of sp³-hybridized carbons (Fsp3) is 0.300. The Morgan fingerprint density at radius 1 is 1.33 bits per heavy atom. The topological polar surface area (TPSA) is 41.1 Å². The summed E-state index contributed by atoms with van der Waals surface area (Å²) < 4.78 is 48.5. The number of rotatable bonds is 4. The smallest absolute Gasteiger partial charge is 0.375 e. The monoisotopic (exact) mass is 328 g/mol. The van der Waals surface area contributed by atoms with Crippen LogP contribution in [0.3, 0.4) is 0 Å². The predicted octanol–water partition coefficient (Wildman–Crippen LogP) is 2.68. The molecule has 0 fully saturated rings. The second kappa shape index (κ2) is 6.03. The largest absolute Gasteiger partial charge is 0.405 e. The lowest BCUT2D eigenvalue weighted by Gasteiger charge is -2.10. The van der Waals surface area contributed by atoms with Crippen molar-refractivity contribution in [3.63, 3.8) is 0 Å². The SMILES string of the molecule is O=C(CNc1ccc(F)cc1Br)NCC(F)(F)F. The van der Waals surface area contributed by atoms with Crippen LogP contribution in [0.2, 0.25) is 0 Å². The number of carbonyl (C=O) groups is 1. The first-order valence-corrected chi connectivity index (χ1v) is 5.59. The zero-order valence-electron chi connectivity index (χ0n) is 8.94. The Labute approximate surface area is 109 Å². The summed E-state index contributed by atoms with van der Waals surface area (Å²) in [7, 11) is 0. The summed E-state index contributed by atoms with van der Waals surface area (Å²) in [5.74, 6) is -1.27. The van der Waals surface area contributed by atoms with Crippen molar-refractivity contribution in [1.29, 1.82) is 0 Å². The fourth-order valence-electron chi connectivity index (χ4n) is 1.07. The maximum atomic E-state index is 12.7. The molecule has 0 aliphatic heterocycles. The van der Waals surface area contributed by atoms with E-state index in [9.17, 15) is 22.4 Å². The molecule has 0 unspecified atom stereocenters. The molecule has 0 radical (unpaired) electrons. The molecule has 0 atom stereocenters. The Balaban J connectivity index is 2.43. The molecule has 3 nitrogen and oxygen atoms in total. The number of anilines is 1. The molecule has 1 amide bonds. The minimum Gasteiger partial charge on any atom is -0.375 e. The highest BCUT2D eigenvalue weighted by molar-refractivity contribution is 9.10. The predicted molar refractivity (Wildman–Crippen MR) is 61.7 cm³/mol. The van der Waals surface area contributed by atoms with Gasteiger partial charge in [-0.15, -0.1) is 0 Å². The highest BCUT2D eigenvalue weighted by atomic mass is 79.9. The Morgan fingerprint density at radius 2 is 2.00 bits per heavy atom. The molecule has 0 aliphatic rings. The lowest BCUT2D eigenvalue weighted by Crippen LogP contribution is -2.37. The number of carbonyl (C=O) groups excluding carboxylic acids is 1. The minimum atomic E-state index is -4.44. The van der Waals surface area contributed by atoms with Crippen LogP contribution in [-0.2, 0) is 4.79 Å². The fourth-order valence-corrected chi connectivity index (χ4v) is 1.56. The highest BCUT2D eigenvalue weighted by Crippen LogP contribution is 2.22. The summed E-state index contributed by atoms with van der Waals surface area (Å²) in [5, 5.41) is 4.29. The van der Waals surface area contributed by atoms with Crippen molar-refractivity contribution >= 4 is 27.5 Å². The molecule has 100 valence electrons. The quantitative estimate of drug-likeness (QED) is 0.834. The summed E-state index contributed by atoms with van der Waals surface area (Å²) in [5.41, 5.74) is 0.415. The van der Waals surface area contributed by atoms with Gasteiger partial charge in [-0.2, -0.15) is 13.2 Å². The van der Waals surface area contributed by atoms with Crippen LogP contribution in [0, 0.1) is 5.82 Å². The average molecular weight is 329 g/mol. The van der Waals surface area contributed by atoms with Gasteiger partial charge in [0.1, 0.15) is 12.4 Å². The van der Waals surface area contributed by atoms with Crippen LogP contribution < -0.4 is 10.6 Å². The van der Waals surface area contributed by atoms with E-state index in [1.807, 2.05) is 0 Å². The molecule has 0 bridgehead atoms. The van der Waals surface area contributed by atoms with Crippen LogP contribution in [0.15, 0.2) is 22.7 Å². The standard InChI is InChI=1S/C10H9BrF4N2O/c11-7-3-6(12)1-2-8(7)16-4-9(18)17-5-10(13,14)15/h1-3,16H,4-5H2,(H,17,18). The van der Waals surface area contributed by atoms with Gasteiger partial charge in [0.05, 0.1) is 6.54 Å². The van der Waals surface area contributed by atoms with E-state index in [2.05, 4.69) is 21.2 Å². The van der Waals surface area contributed by atoms with Gasteiger partial charge in [-0.05, 0) is 34.1 Å². The van der Waals surface area contributed by atoms with Gasteiger partial charge in [0, 0.05) is 10.2 Å². The Hall–Kier alpha value is -1.31. The normalized spacial score (nSPS) is 11.2. The van der Waals surface area contributed by atoms with Crippen molar-refractivity contribution in [1.82, 2.24) is 5.32 Å². The second-order valence-corrected chi connectivity index (χ2v) is 4.22. The third kappa shape index (κ3) is 5.35. The van der Waals surface area contributed by atoms with E-state index in [1.54, 1.807) is 5.32 Å². The first kappa shape index (κ1) is 14.7. The van der Waals surface area contributed by atoms with Gasteiger partial charge in [0.2, 0.25) is 5.91 Å². The molecule has 1 aromatic rings. The van der Waals surface area contributed by atoms with Crippen molar-refractivity contribution in [2.45, 2.75) is 6.18 Å². The second-order valence-electron chi connectivity index (χ2n) is 3.37. The van der Waals surface area contributed by atoms with Crippen molar-refractivity contribution < 1.29 is 22.4 Å². The molecule has 1 aromatic carbocycles. The van der Waals surface area contributed by atoms with Crippen LogP contribution in [0.4, 0.5) is 23.2 Å². The van der Waals surface area contributed by atoms with Gasteiger partial charge in [-0.25, -0.2) is 4.39 Å². The van der Waals surface area contributed by atoms with Crippen LogP contribution >= 0.6 is 15.9 Å². The highest BCUT2D eigenvalue weighted by Gasteiger charge is 2.27. The van der Waals surface area contributed by atoms with Crippen LogP contribution in [0.5, 0.6) is 0 Å². The summed E-state index contributed by atoms with van der Waals surface area (Å²) in [6, 6.07) is 3.72. The van der Waals surface area contributed by atoms with Crippen LogP contribution in [0.1, 0.15) is 0 Å². The molecule has 2 N–H and O–H groups in total. The van der Waals surface area contributed by atoms with E-state index in [0.717, 1.165) is 0 Å². The van der Waals surface area contributed by atoms with E-state index in [1.165, 1.54) is 18.2 Å². The van der Waals surface area contributed by atoms with Crippen molar-refractivity contribution in [2.75, 3.05) is 18.4 Å². The first-order valence-electron chi connectivity index (χ1n) is 4.80. The first-order chi connectivity index (χ1) is 8.28. The lowest BCUT2D eigenvalue weighted by molar-refractivity contribution is -0.137. The lowest BCUT2D eigenvalue weighted by atomic mass is 10.3. The summed E-state index contributed by atoms with van der Waals surface area (Å²) in [6.07, 6.45) is -4.44. The Kier molecular flexibility index (Phi) is 4.94. The van der Waals surface area contributed by atoms with Gasteiger partial charge >= 0.3 is 6.18 Å². The zero-order valence-corrected chi connectivity index (χ0v) is 10.5. The molecule has 18 heavy (non-hydrogen) atoms. The zero-order chi connectivity index (χ0) is 13.8. The summed E-state index contributed by atoms with van der Waals surface area (Å²) in [4.78, 5) is 11.1. The molecule has 1 rings (SSSR count). The van der Waals surface area contributed by atoms with Gasteiger partial charge in [-0.1, -0.05) is 0 Å². The number of halogens is 5. The molecule has 0 spiro atoms. The van der Waals surface area contributed by atoms with E-state index >= 15 is 0 Å². The maximum Gasteiger partial charge on any atom is 0.405 e. The molecule has 0 saturated carbocycles. The van der Waals surface area contributed by atoms with Gasteiger partial charge in [0.15, 0.2) is 0 Å². The van der Waals surface area contributed by atoms with Crippen molar-refractivity contribution in [3.05, 3.63) is 28.5 Å². The molecule has 0 heterocycles. The number of hydrogen-bond acceptors (Lipinski definition) is 2. The molecule has 8 heteroatoms. The maximum absolute atomic E-state index is 12.7.